The molecule has 2 N–H and O–H groups in total. The zero-order valence-electron chi connectivity index (χ0n) is 11.5. The molecule has 19 heavy (non-hydrogen) atoms. The van der Waals surface area contributed by atoms with Gasteiger partial charge in [0.25, 0.3) is 0 Å². The van der Waals surface area contributed by atoms with Gasteiger partial charge in [0.2, 0.25) is 0 Å². The van der Waals surface area contributed by atoms with E-state index in [0.717, 1.165) is 27.9 Å². The second-order valence-electron chi connectivity index (χ2n) is 4.80. The SMILES string of the molecule is CCOc1ccc2[nH]c(C(C)CC(=O)O)c(C)c2c1. The van der Waals surface area contributed by atoms with Gasteiger partial charge in [-0.05, 0) is 37.6 Å². The van der Waals surface area contributed by atoms with Gasteiger partial charge in [-0.2, -0.15) is 0 Å². The fourth-order valence-electron chi connectivity index (χ4n) is 2.44. The zero-order chi connectivity index (χ0) is 14.0. The van der Waals surface area contributed by atoms with Crippen LogP contribution in [0.3, 0.4) is 0 Å². The first kappa shape index (κ1) is 13.5. The van der Waals surface area contributed by atoms with E-state index >= 15 is 0 Å². The Kier molecular flexibility index (Phi) is 3.79. The number of carboxylic acid groups (broad SMARTS) is 1. The van der Waals surface area contributed by atoms with Gasteiger partial charge in [-0.3, -0.25) is 4.79 Å². The maximum absolute atomic E-state index is 10.8. The van der Waals surface area contributed by atoms with Gasteiger partial charge in [-0.15, -0.1) is 0 Å². The highest BCUT2D eigenvalue weighted by Gasteiger charge is 2.16. The lowest BCUT2D eigenvalue weighted by Gasteiger charge is -2.07. The number of benzene rings is 1. The maximum atomic E-state index is 10.8. The lowest BCUT2D eigenvalue weighted by molar-refractivity contribution is -0.137. The Hall–Kier alpha value is -1.97. The summed E-state index contributed by atoms with van der Waals surface area (Å²) < 4.78 is 5.50. The molecule has 0 saturated heterocycles. The number of carboxylic acids is 1. The van der Waals surface area contributed by atoms with E-state index in [1.807, 2.05) is 39.0 Å². The molecule has 4 nitrogen and oxygen atoms in total. The number of aryl methyl sites for hydroxylation is 1. The monoisotopic (exact) mass is 261 g/mol. The topological polar surface area (TPSA) is 62.3 Å². The Morgan fingerprint density at radius 1 is 1.47 bits per heavy atom. The normalized spacial score (nSPS) is 12.6. The smallest absolute Gasteiger partial charge is 0.304 e. The van der Waals surface area contributed by atoms with E-state index in [4.69, 9.17) is 9.84 Å². The first-order chi connectivity index (χ1) is 9.02. The Bertz CT molecular complexity index is 601. The van der Waals surface area contributed by atoms with E-state index in [2.05, 4.69) is 4.98 Å². The van der Waals surface area contributed by atoms with Crippen LogP contribution in [-0.4, -0.2) is 22.7 Å². The molecule has 0 bridgehead atoms. The number of aromatic amines is 1. The lowest BCUT2D eigenvalue weighted by Crippen LogP contribution is -2.04. The second-order valence-corrected chi connectivity index (χ2v) is 4.80. The van der Waals surface area contributed by atoms with E-state index in [1.54, 1.807) is 0 Å². The second kappa shape index (κ2) is 5.34. The third-order valence-corrected chi connectivity index (χ3v) is 3.35. The molecule has 102 valence electrons. The van der Waals surface area contributed by atoms with Crippen molar-refractivity contribution in [3.8, 4) is 5.75 Å². The van der Waals surface area contributed by atoms with Crippen LogP contribution in [0.2, 0.25) is 0 Å². The minimum absolute atomic E-state index is 0.0274. The number of aliphatic carboxylic acids is 1. The first-order valence-electron chi connectivity index (χ1n) is 6.49. The van der Waals surface area contributed by atoms with Crippen LogP contribution >= 0.6 is 0 Å². The molecular formula is C15H19NO3. The lowest BCUT2D eigenvalue weighted by atomic mass is 10.00. The molecule has 0 aliphatic carbocycles. The summed E-state index contributed by atoms with van der Waals surface area (Å²) in [5.74, 6) is 0.0375. The van der Waals surface area contributed by atoms with Crippen LogP contribution in [0.15, 0.2) is 18.2 Å². The van der Waals surface area contributed by atoms with E-state index in [0.29, 0.717) is 6.61 Å². The van der Waals surface area contributed by atoms with Crippen molar-refractivity contribution in [1.29, 1.82) is 0 Å². The van der Waals surface area contributed by atoms with Gasteiger partial charge in [0, 0.05) is 22.5 Å². The van der Waals surface area contributed by atoms with Gasteiger partial charge in [-0.25, -0.2) is 0 Å². The molecule has 4 heteroatoms. The minimum Gasteiger partial charge on any atom is -0.494 e. The molecular weight excluding hydrogens is 242 g/mol. The zero-order valence-corrected chi connectivity index (χ0v) is 11.5. The van der Waals surface area contributed by atoms with Crippen LogP contribution in [0, 0.1) is 6.92 Å². The van der Waals surface area contributed by atoms with Crippen molar-refractivity contribution in [2.75, 3.05) is 6.61 Å². The standard InChI is InChI=1S/C15H19NO3/c1-4-19-11-5-6-13-12(8-11)10(3)15(16-13)9(2)7-14(17)18/h5-6,8-9,16H,4,7H2,1-3H3,(H,17,18). The minimum atomic E-state index is -0.777. The first-order valence-corrected chi connectivity index (χ1v) is 6.49. The molecule has 1 atom stereocenters. The van der Waals surface area contributed by atoms with E-state index in [9.17, 15) is 4.79 Å². The average molecular weight is 261 g/mol. The highest BCUT2D eigenvalue weighted by Crippen LogP contribution is 2.31. The van der Waals surface area contributed by atoms with Crippen LogP contribution in [0.4, 0.5) is 0 Å². The van der Waals surface area contributed by atoms with Crippen molar-refractivity contribution in [2.45, 2.75) is 33.1 Å². The van der Waals surface area contributed by atoms with Crippen molar-refractivity contribution < 1.29 is 14.6 Å². The number of H-pyrrole nitrogens is 1. The molecule has 0 saturated carbocycles. The van der Waals surface area contributed by atoms with Gasteiger partial charge >= 0.3 is 5.97 Å². The van der Waals surface area contributed by atoms with Gasteiger partial charge in [0.15, 0.2) is 0 Å². The van der Waals surface area contributed by atoms with Crippen LogP contribution < -0.4 is 4.74 Å². The van der Waals surface area contributed by atoms with Gasteiger partial charge in [0.1, 0.15) is 5.75 Å². The highest BCUT2D eigenvalue weighted by molar-refractivity contribution is 5.86. The number of hydrogen-bond donors (Lipinski definition) is 2. The van der Waals surface area contributed by atoms with E-state index in [1.165, 1.54) is 0 Å². The molecule has 0 amide bonds. The van der Waals surface area contributed by atoms with Crippen LogP contribution in [-0.2, 0) is 4.79 Å². The summed E-state index contributed by atoms with van der Waals surface area (Å²) in [6.07, 6.45) is 0.131. The Morgan fingerprint density at radius 2 is 2.21 bits per heavy atom. The third kappa shape index (κ3) is 2.72. The average Bonchev–Trinajstić information content (AvgIpc) is 2.67. The maximum Gasteiger partial charge on any atom is 0.304 e. The molecule has 0 fully saturated rings. The summed E-state index contributed by atoms with van der Waals surface area (Å²) in [7, 11) is 0. The van der Waals surface area contributed by atoms with Crippen molar-refractivity contribution in [3.63, 3.8) is 0 Å². The number of nitrogens with one attached hydrogen (secondary N) is 1. The summed E-state index contributed by atoms with van der Waals surface area (Å²) >= 11 is 0. The van der Waals surface area contributed by atoms with Crippen molar-refractivity contribution in [3.05, 3.63) is 29.5 Å². The number of fused-ring (bicyclic) bond motifs is 1. The third-order valence-electron chi connectivity index (χ3n) is 3.35. The molecule has 0 radical (unpaired) electrons. The molecule has 1 unspecified atom stereocenters. The van der Waals surface area contributed by atoms with Crippen molar-refractivity contribution >= 4 is 16.9 Å². The summed E-state index contributed by atoms with van der Waals surface area (Å²) in [5.41, 5.74) is 3.12. The number of carbonyl (C=O) groups is 1. The number of ether oxygens (including phenoxy) is 1. The van der Waals surface area contributed by atoms with Gasteiger partial charge in [-0.1, -0.05) is 6.92 Å². The Labute approximate surface area is 112 Å². The molecule has 0 aliphatic heterocycles. The molecule has 0 aliphatic rings. The van der Waals surface area contributed by atoms with Crippen LogP contribution in [0.25, 0.3) is 10.9 Å². The Balaban J connectivity index is 2.41. The molecule has 1 aromatic carbocycles. The summed E-state index contributed by atoms with van der Waals surface area (Å²) in [6, 6.07) is 5.90. The molecule has 2 aromatic rings. The van der Waals surface area contributed by atoms with Crippen molar-refractivity contribution in [1.82, 2.24) is 4.98 Å². The number of hydrogen-bond acceptors (Lipinski definition) is 2. The Morgan fingerprint density at radius 3 is 2.84 bits per heavy atom. The molecule has 1 heterocycles. The highest BCUT2D eigenvalue weighted by atomic mass is 16.5. The number of rotatable bonds is 5. The predicted octanol–water partition coefficient (Wildman–Crippen LogP) is 3.45. The van der Waals surface area contributed by atoms with Crippen molar-refractivity contribution in [2.24, 2.45) is 0 Å². The largest absolute Gasteiger partial charge is 0.494 e. The quantitative estimate of drug-likeness (QED) is 0.866. The molecule has 0 spiro atoms. The summed E-state index contributed by atoms with van der Waals surface area (Å²) in [4.78, 5) is 14.1. The van der Waals surface area contributed by atoms with Gasteiger partial charge in [0.05, 0.1) is 13.0 Å². The summed E-state index contributed by atoms with van der Waals surface area (Å²) in [6.45, 7) is 6.53. The van der Waals surface area contributed by atoms with Gasteiger partial charge < -0.3 is 14.8 Å². The van der Waals surface area contributed by atoms with Crippen LogP contribution in [0.5, 0.6) is 5.75 Å². The molecule has 1 aromatic heterocycles. The van der Waals surface area contributed by atoms with E-state index < -0.39 is 5.97 Å². The van der Waals surface area contributed by atoms with Crippen LogP contribution in [0.1, 0.15) is 37.4 Å². The van der Waals surface area contributed by atoms with E-state index in [-0.39, 0.29) is 12.3 Å². The summed E-state index contributed by atoms with van der Waals surface area (Å²) in [5, 5.41) is 9.99. The molecule has 2 rings (SSSR count). The predicted molar refractivity (Wildman–Crippen MR) is 74.9 cm³/mol. The number of aromatic nitrogens is 1. The fourth-order valence-corrected chi connectivity index (χ4v) is 2.44. The fraction of sp³-hybridized carbons (Fsp3) is 0.400.